The molecule has 0 aliphatic carbocycles. The Hall–Kier alpha value is -0.940. The van der Waals surface area contributed by atoms with Crippen LogP contribution in [0, 0.1) is 0 Å². The summed E-state index contributed by atoms with van der Waals surface area (Å²) < 4.78 is 11.7. The predicted octanol–water partition coefficient (Wildman–Crippen LogP) is 2.10. The van der Waals surface area contributed by atoms with E-state index in [9.17, 15) is 4.79 Å². The number of rotatable bonds is 4. The number of ether oxygens (including phenoxy) is 2. The molecule has 1 atom stereocenters. The van der Waals surface area contributed by atoms with Gasteiger partial charge in [0.05, 0.1) is 18.6 Å². The Labute approximate surface area is 108 Å². The summed E-state index contributed by atoms with van der Waals surface area (Å²) in [4.78, 5) is 15.6. The van der Waals surface area contributed by atoms with Gasteiger partial charge in [-0.15, -0.1) is 0 Å². The fourth-order valence-corrected chi connectivity index (χ4v) is 2.32. The maximum absolute atomic E-state index is 11.4. The highest BCUT2D eigenvalue weighted by Gasteiger charge is 2.39. The van der Waals surface area contributed by atoms with Crippen LogP contribution in [-0.4, -0.2) is 31.1 Å². The van der Waals surface area contributed by atoms with Gasteiger partial charge < -0.3 is 14.3 Å². The van der Waals surface area contributed by atoms with Gasteiger partial charge in [-0.2, -0.15) is 0 Å². The first-order valence-electron chi connectivity index (χ1n) is 5.55. The zero-order chi connectivity index (χ0) is 12.3. The van der Waals surface area contributed by atoms with Crippen LogP contribution in [0.5, 0.6) is 5.88 Å². The van der Waals surface area contributed by atoms with Crippen molar-refractivity contribution in [1.29, 1.82) is 0 Å². The molecule has 5 heteroatoms. The molecule has 0 radical (unpaired) electrons. The van der Waals surface area contributed by atoms with Crippen molar-refractivity contribution in [2.45, 2.75) is 18.8 Å². The van der Waals surface area contributed by atoms with Gasteiger partial charge in [0.1, 0.15) is 6.29 Å². The van der Waals surface area contributed by atoms with E-state index in [4.69, 9.17) is 9.47 Å². The number of halogens is 1. The lowest BCUT2D eigenvalue weighted by Crippen LogP contribution is -2.29. The zero-order valence-electron chi connectivity index (χ0n) is 9.61. The molecule has 0 bridgehead atoms. The van der Waals surface area contributed by atoms with Crippen LogP contribution in [0.4, 0.5) is 0 Å². The van der Waals surface area contributed by atoms with Gasteiger partial charge in [0, 0.05) is 22.8 Å². The molecule has 2 heterocycles. The third-order valence-corrected chi connectivity index (χ3v) is 3.35. The molecule has 1 fully saturated rings. The van der Waals surface area contributed by atoms with Gasteiger partial charge in [-0.1, -0.05) is 0 Å². The molecule has 1 unspecified atom stereocenters. The number of hydrogen-bond donors (Lipinski definition) is 0. The van der Waals surface area contributed by atoms with Crippen LogP contribution in [0.3, 0.4) is 0 Å². The normalized spacial score (nSPS) is 23.6. The van der Waals surface area contributed by atoms with Crippen molar-refractivity contribution in [1.82, 2.24) is 4.98 Å². The van der Waals surface area contributed by atoms with Crippen molar-refractivity contribution in [2.75, 3.05) is 19.8 Å². The van der Waals surface area contributed by atoms with Crippen LogP contribution in [0.1, 0.15) is 18.9 Å². The van der Waals surface area contributed by atoms with Gasteiger partial charge in [0.15, 0.2) is 0 Å². The highest BCUT2D eigenvalue weighted by atomic mass is 79.9. The molecule has 0 N–H and O–H groups in total. The van der Waals surface area contributed by atoms with Crippen LogP contribution >= 0.6 is 15.9 Å². The lowest BCUT2D eigenvalue weighted by molar-refractivity contribution is -0.112. The Morgan fingerprint density at radius 2 is 2.53 bits per heavy atom. The third kappa shape index (κ3) is 2.35. The summed E-state index contributed by atoms with van der Waals surface area (Å²) in [6.45, 7) is 3.41. The Morgan fingerprint density at radius 1 is 1.71 bits per heavy atom. The molecule has 17 heavy (non-hydrogen) atoms. The molecule has 0 saturated carbocycles. The Kier molecular flexibility index (Phi) is 3.79. The van der Waals surface area contributed by atoms with Gasteiger partial charge >= 0.3 is 0 Å². The SMILES string of the molecule is CCOc1ncc(Br)cc1C1(C=O)CCOC1. The van der Waals surface area contributed by atoms with Crippen molar-refractivity contribution in [3.63, 3.8) is 0 Å². The monoisotopic (exact) mass is 299 g/mol. The molecular weight excluding hydrogens is 286 g/mol. The minimum Gasteiger partial charge on any atom is -0.478 e. The molecule has 4 nitrogen and oxygen atoms in total. The van der Waals surface area contributed by atoms with Crippen LogP contribution < -0.4 is 4.74 Å². The molecule has 92 valence electrons. The lowest BCUT2D eigenvalue weighted by atomic mass is 9.82. The average molecular weight is 300 g/mol. The number of aldehydes is 1. The first kappa shape index (κ1) is 12.5. The van der Waals surface area contributed by atoms with Crippen molar-refractivity contribution in [2.24, 2.45) is 0 Å². The molecule has 0 amide bonds. The third-order valence-electron chi connectivity index (χ3n) is 2.91. The molecule has 1 aliphatic rings. The van der Waals surface area contributed by atoms with Gasteiger partial charge in [-0.25, -0.2) is 4.98 Å². The fourth-order valence-electron chi connectivity index (χ4n) is 1.98. The number of aromatic nitrogens is 1. The molecule has 2 rings (SSSR count). The van der Waals surface area contributed by atoms with Gasteiger partial charge in [-0.05, 0) is 35.3 Å². The molecule has 0 spiro atoms. The zero-order valence-corrected chi connectivity index (χ0v) is 11.2. The second kappa shape index (κ2) is 5.14. The Morgan fingerprint density at radius 3 is 3.12 bits per heavy atom. The van der Waals surface area contributed by atoms with Crippen LogP contribution in [0.2, 0.25) is 0 Å². The molecule has 1 saturated heterocycles. The summed E-state index contributed by atoms with van der Waals surface area (Å²) in [7, 11) is 0. The van der Waals surface area contributed by atoms with Crippen LogP contribution in [0.15, 0.2) is 16.7 Å². The second-order valence-electron chi connectivity index (χ2n) is 4.02. The topological polar surface area (TPSA) is 48.4 Å². The van der Waals surface area contributed by atoms with Gasteiger partial charge in [0.25, 0.3) is 0 Å². The summed E-state index contributed by atoms with van der Waals surface area (Å²) in [5, 5.41) is 0. The van der Waals surface area contributed by atoms with Crippen molar-refractivity contribution < 1.29 is 14.3 Å². The lowest BCUT2D eigenvalue weighted by Gasteiger charge is -2.22. The van der Waals surface area contributed by atoms with E-state index in [1.54, 1.807) is 6.20 Å². The van der Waals surface area contributed by atoms with E-state index in [2.05, 4.69) is 20.9 Å². The van der Waals surface area contributed by atoms with E-state index in [0.29, 0.717) is 32.1 Å². The first-order valence-corrected chi connectivity index (χ1v) is 6.34. The molecule has 1 aliphatic heterocycles. The van der Waals surface area contributed by atoms with Crippen LogP contribution in [0.25, 0.3) is 0 Å². The van der Waals surface area contributed by atoms with E-state index in [-0.39, 0.29) is 0 Å². The minimum absolute atomic E-state index is 0.398. The van der Waals surface area contributed by atoms with E-state index in [0.717, 1.165) is 16.3 Å². The number of carbonyl (C=O) groups is 1. The number of hydrogen-bond acceptors (Lipinski definition) is 4. The Balaban J connectivity index is 2.47. The first-order chi connectivity index (χ1) is 8.22. The van der Waals surface area contributed by atoms with Crippen molar-refractivity contribution in [3.05, 3.63) is 22.3 Å². The number of carbonyl (C=O) groups excluding carboxylic acids is 1. The maximum atomic E-state index is 11.4. The van der Waals surface area contributed by atoms with E-state index in [1.807, 2.05) is 13.0 Å². The van der Waals surface area contributed by atoms with E-state index in [1.165, 1.54) is 0 Å². The Bertz CT molecular complexity index is 416. The maximum Gasteiger partial charge on any atom is 0.217 e. The largest absolute Gasteiger partial charge is 0.478 e. The van der Waals surface area contributed by atoms with Crippen LogP contribution in [-0.2, 0) is 14.9 Å². The average Bonchev–Trinajstić information content (AvgIpc) is 2.81. The van der Waals surface area contributed by atoms with E-state index >= 15 is 0 Å². The van der Waals surface area contributed by atoms with Gasteiger partial charge in [0.2, 0.25) is 5.88 Å². The standard InChI is InChI=1S/C12H14BrNO3/c1-2-17-11-10(5-9(13)6-14-11)12(7-15)3-4-16-8-12/h5-7H,2-4,8H2,1H3. The molecule has 1 aromatic rings. The summed E-state index contributed by atoms with van der Waals surface area (Å²) in [5.74, 6) is 0.522. The minimum atomic E-state index is -0.610. The highest BCUT2D eigenvalue weighted by Crippen LogP contribution is 2.37. The summed E-state index contributed by atoms with van der Waals surface area (Å²) in [5.41, 5.74) is 0.197. The smallest absolute Gasteiger partial charge is 0.217 e. The van der Waals surface area contributed by atoms with Crippen molar-refractivity contribution >= 4 is 22.2 Å². The summed E-state index contributed by atoms with van der Waals surface area (Å²) >= 11 is 3.37. The molecular formula is C12H14BrNO3. The predicted molar refractivity (Wildman–Crippen MR) is 66.3 cm³/mol. The number of pyridine rings is 1. The summed E-state index contributed by atoms with van der Waals surface area (Å²) in [6.07, 6.45) is 3.30. The highest BCUT2D eigenvalue weighted by molar-refractivity contribution is 9.10. The quantitative estimate of drug-likeness (QED) is 0.799. The second-order valence-corrected chi connectivity index (χ2v) is 4.93. The van der Waals surface area contributed by atoms with Crippen molar-refractivity contribution in [3.8, 4) is 5.88 Å². The number of nitrogens with zero attached hydrogens (tertiary/aromatic N) is 1. The molecule has 1 aromatic heterocycles. The fraction of sp³-hybridized carbons (Fsp3) is 0.500. The molecule has 0 aromatic carbocycles. The van der Waals surface area contributed by atoms with Gasteiger partial charge in [-0.3, -0.25) is 0 Å². The summed E-state index contributed by atoms with van der Waals surface area (Å²) in [6, 6.07) is 1.89. The van der Waals surface area contributed by atoms with E-state index < -0.39 is 5.41 Å².